The molecule has 0 radical (unpaired) electrons. The highest BCUT2D eigenvalue weighted by Gasteiger charge is 2.12. The molecule has 0 bridgehead atoms. The Kier molecular flexibility index (Phi) is 3.81. The molecular weight excluding hydrogens is 190 g/mol. The van der Waals surface area contributed by atoms with Crippen molar-refractivity contribution < 1.29 is 4.79 Å². The summed E-state index contributed by atoms with van der Waals surface area (Å²) in [5.41, 5.74) is 0.781. The number of carbonyl (C=O) groups excluding carboxylic acids is 1. The molecule has 0 aliphatic heterocycles. The summed E-state index contributed by atoms with van der Waals surface area (Å²) >= 11 is 0. The van der Waals surface area contributed by atoms with E-state index >= 15 is 0 Å². The number of hydrogen-bond acceptors (Lipinski definition) is 3. The summed E-state index contributed by atoms with van der Waals surface area (Å²) in [6.45, 7) is 2.69. The van der Waals surface area contributed by atoms with E-state index in [1.807, 2.05) is 13.0 Å². The lowest BCUT2D eigenvalue weighted by molar-refractivity contribution is 0.0789. The van der Waals surface area contributed by atoms with E-state index in [2.05, 4.69) is 4.98 Å². The van der Waals surface area contributed by atoms with Crippen LogP contribution in [-0.4, -0.2) is 29.4 Å². The number of nitriles is 1. The number of rotatable bonds is 3. The molecule has 1 rings (SSSR count). The smallest absolute Gasteiger partial charge is 0.272 e. The predicted octanol–water partition coefficient (Wildman–Crippen LogP) is 1.44. The monoisotopic (exact) mass is 203 g/mol. The molecule has 0 N–H and O–H groups in total. The van der Waals surface area contributed by atoms with Crippen molar-refractivity contribution in [2.24, 2.45) is 0 Å². The van der Waals surface area contributed by atoms with Gasteiger partial charge in [0.2, 0.25) is 0 Å². The Bertz CT molecular complexity index is 395. The second kappa shape index (κ2) is 5.11. The third kappa shape index (κ3) is 2.78. The van der Waals surface area contributed by atoms with Crippen LogP contribution in [0.3, 0.4) is 0 Å². The van der Waals surface area contributed by atoms with E-state index < -0.39 is 0 Å². The fourth-order valence-corrected chi connectivity index (χ4v) is 1.25. The first-order chi connectivity index (χ1) is 7.19. The number of nitrogens with zero attached hydrogens (tertiary/aromatic N) is 3. The molecule has 0 aliphatic carbocycles. The maximum absolute atomic E-state index is 11.8. The fraction of sp³-hybridized carbons (Fsp3) is 0.364. The molecule has 1 aromatic heterocycles. The first-order valence-electron chi connectivity index (χ1n) is 4.80. The average molecular weight is 203 g/mol. The number of carbonyl (C=O) groups is 1. The van der Waals surface area contributed by atoms with Crippen LogP contribution in [0.4, 0.5) is 0 Å². The zero-order valence-electron chi connectivity index (χ0n) is 8.90. The van der Waals surface area contributed by atoms with Crippen molar-refractivity contribution in [3.63, 3.8) is 0 Å². The lowest BCUT2D eigenvalue weighted by Crippen LogP contribution is -2.28. The Balaban J connectivity index is 2.87. The van der Waals surface area contributed by atoms with E-state index in [1.54, 1.807) is 18.0 Å². The Morgan fingerprint density at radius 1 is 1.67 bits per heavy atom. The number of pyridine rings is 1. The molecule has 0 aromatic carbocycles. The SMILES string of the molecule is CCCN(C)C(=O)c1cc(C#N)ccn1. The first-order valence-corrected chi connectivity index (χ1v) is 4.80. The first kappa shape index (κ1) is 11.2. The van der Waals surface area contributed by atoms with Crippen molar-refractivity contribution in [3.8, 4) is 6.07 Å². The molecule has 0 fully saturated rings. The Hall–Kier alpha value is -1.89. The highest BCUT2D eigenvalue weighted by atomic mass is 16.2. The molecule has 4 heteroatoms. The van der Waals surface area contributed by atoms with Gasteiger partial charge in [0, 0.05) is 19.8 Å². The molecule has 1 amide bonds. The lowest BCUT2D eigenvalue weighted by atomic mass is 10.2. The van der Waals surface area contributed by atoms with Gasteiger partial charge >= 0.3 is 0 Å². The van der Waals surface area contributed by atoms with Crippen molar-refractivity contribution in [2.45, 2.75) is 13.3 Å². The zero-order valence-corrected chi connectivity index (χ0v) is 8.90. The van der Waals surface area contributed by atoms with Gasteiger partial charge in [0.1, 0.15) is 5.69 Å². The van der Waals surface area contributed by atoms with Gasteiger partial charge in [-0.2, -0.15) is 5.26 Å². The van der Waals surface area contributed by atoms with Crippen LogP contribution in [0.1, 0.15) is 29.4 Å². The van der Waals surface area contributed by atoms with E-state index in [0.717, 1.165) is 6.42 Å². The van der Waals surface area contributed by atoms with Gasteiger partial charge in [-0.05, 0) is 18.6 Å². The van der Waals surface area contributed by atoms with E-state index in [4.69, 9.17) is 5.26 Å². The molecule has 0 unspecified atom stereocenters. The summed E-state index contributed by atoms with van der Waals surface area (Å²) in [4.78, 5) is 17.3. The normalized spacial score (nSPS) is 9.40. The Morgan fingerprint density at radius 2 is 2.40 bits per heavy atom. The van der Waals surface area contributed by atoms with E-state index in [9.17, 15) is 4.79 Å². The van der Waals surface area contributed by atoms with Crippen LogP contribution in [0.15, 0.2) is 18.3 Å². The van der Waals surface area contributed by atoms with E-state index in [-0.39, 0.29) is 5.91 Å². The minimum atomic E-state index is -0.144. The predicted molar refractivity (Wildman–Crippen MR) is 56.2 cm³/mol. The molecule has 4 nitrogen and oxygen atoms in total. The van der Waals surface area contributed by atoms with Gasteiger partial charge in [0.15, 0.2) is 0 Å². The maximum Gasteiger partial charge on any atom is 0.272 e. The quantitative estimate of drug-likeness (QED) is 0.746. The molecule has 15 heavy (non-hydrogen) atoms. The van der Waals surface area contributed by atoms with E-state index in [1.165, 1.54) is 12.3 Å². The summed E-state index contributed by atoms with van der Waals surface area (Å²) in [5.74, 6) is -0.144. The second-order valence-electron chi connectivity index (χ2n) is 3.27. The van der Waals surface area contributed by atoms with Crippen molar-refractivity contribution in [3.05, 3.63) is 29.6 Å². The molecule has 1 heterocycles. The largest absolute Gasteiger partial charge is 0.340 e. The summed E-state index contributed by atoms with van der Waals surface area (Å²) in [5, 5.41) is 8.68. The lowest BCUT2D eigenvalue weighted by Gasteiger charge is -2.15. The molecule has 1 aromatic rings. The molecule has 0 atom stereocenters. The topological polar surface area (TPSA) is 57.0 Å². The highest BCUT2D eigenvalue weighted by molar-refractivity contribution is 5.92. The minimum Gasteiger partial charge on any atom is -0.340 e. The molecule has 0 saturated heterocycles. The van der Waals surface area contributed by atoms with Crippen LogP contribution in [0.25, 0.3) is 0 Å². The van der Waals surface area contributed by atoms with Crippen LogP contribution >= 0.6 is 0 Å². The van der Waals surface area contributed by atoms with E-state index in [0.29, 0.717) is 17.8 Å². The average Bonchev–Trinajstić information content (AvgIpc) is 2.28. The molecule has 78 valence electrons. The summed E-state index contributed by atoms with van der Waals surface area (Å²) in [7, 11) is 1.73. The Morgan fingerprint density at radius 3 is 3.00 bits per heavy atom. The van der Waals surface area contributed by atoms with Gasteiger partial charge in [-0.15, -0.1) is 0 Å². The third-order valence-electron chi connectivity index (χ3n) is 2.01. The van der Waals surface area contributed by atoms with Crippen LogP contribution in [-0.2, 0) is 0 Å². The zero-order chi connectivity index (χ0) is 11.3. The van der Waals surface area contributed by atoms with Gasteiger partial charge in [-0.25, -0.2) is 0 Å². The number of amides is 1. The van der Waals surface area contributed by atoms with Crippen molar-refractivity contribution in [2.75, 3.05) is 13.6 Å². The molecule has 0 aliphatic rings. The summed E-state index contributed by atoms with van der Waals surface area (Å²) in [6, 6.07) is 5.07. The van der Waals surface area contributed by atoms with Gasteiger partial charge in [-0.1, -0.05) is 6.92 Å². The fourth-order valence-electron chi connectivity index (χ4n) is 1.25. The van der Waals surface area contributed by atoms with Crippen molar-refractivity contribution in [1.29, 1.82) is 5.26 Å². The highest BCUT2D eigenvalue weighted by Crippen LogP contribution is 2.03. The standard InChI is InChI=1S/C11H13N3O/c1-3-6-14(2)11(15)10-7-9(8-12)4-5-13-10/h4-5,7H,3,6H2,1-2H3. The van der Waals surface area contributed by atoms with Crippen LogP contribution in [0.2, 0.25) is 0 Å². The van der Waals surface area contributed by atoms with Gasteiger partial charge in [0.25, 0.3) is 5.91 Å². The Labute approximate surface area is 89.2 Å². The van der Waals surface area contributed by atoms with Crippen molar-refractivity contribution >= 4 is 5.91 Å². The van der Waals surface area contributed by atoms with Gasteiger partial charge in [-0.3, -0.25) is 9.78 Å². The molecular formula is C11H13N3O. The van der Waals surface area contributed by atoms with Gasteiger partial charge in [0.05, 0.1) is 11.6 Å². The number of hydrogen-bond donors (Lipinski definition) is 0. The maximum atomic E-state index is 11.8. The minimum absolute atomic E-state index is 0.144. The number of aromatic nitrogens is 1. The third-order valence-corrected chi connectivity index (χ3v) is 2.01. The molecule has 0 spiro atoms. The second-order valence-corrected chi connectivity index (χ2v) is 3.27. The van der Waals surface area contributed by atoms with Crippen LogP contribution in [0, 0.1) is 11.3 Å². The summed E-state index contributed by atoms with van der Waals surface area (Å²) < 4.78 is 0. The summed E-state index contributed by atoms with van der Waals surface area (Å²) in [6.07, 6.45) is 2.38. The molecule has 0 saturated carbocycles. The van der Waals surface area contributed by atoms with Crippen LogP contribution < -0.4 is 0 Å². The van der Waals surface area contributed by atoms with Gasteiger partial charge < -0.3 is 4.90 Å². The van der Waals surface area contributed by atoms with Crippen LogP contribution in [0.5, 0.6) is 0 Å². The van der Waals surface area contributed by atoms with Crippen molar-refractivity contribution in [1.82, 2.24) is 9.88 Å².